The number of hydrogen-bond acceptors (Lipinski definition) is 3. The van der Waals surface area contributed by atoms with Crippen molar-refractivity contribution >= 4 is 11.9 Å². The van der Waals surface area contributed by atoms with Crippen LogP contribution in [0.2, 0.25) is 0 Å². The lowest BCUT2D eigenvalue weighted by Crippen LogP contribution is -2.33. The van der Waals surface area contributed by atoms with Gasteiger partial charge < -0.3 is 10.1 Å². The van der Waals surface area contributed by atoms with Crippen LogP contribution >= 0.6 is 0 Å². The monoisotopic (exact) mass is 225 g/mol. The van der Waals surface area contributed by atoms with E-state index in [2.05, 4.69) is 10.1 Å². The van der Waals surface area contributed by atoms with Gasteiger partial charge in [-0.15, -0.1) is 0 Å². The Labute approximate surface area is 92.4 Å². The molecular weight excluding hydrogens is 213 g/mol. The number of carbonyl (C=O) groups excluding carboxylic acids is 2. The predicted octanol–water partition coefficient (Wildman–Crippen LogP) is 1.18. The van der Waals surface area contributed by atoms with Gasteiger partial charge >= 0.3 is 5.97 Å². The molecule has 0 aliphatic heterocycles. The van der Waals surface area contributed by atoms with E-state index >= 15 is 0 Å². The third-order valence-corrected chi connectivity index (χ3v) is 2.00. The number of amides is 1. The average Bonchev–Trinajstić information content (AvgIpc) is 2.26. The fourth-order valence-electron chi connectivity index (χ4n) is 1.29. The molecular formula is C11H12FNO3. The summed E-state index contributed by atoms with van der Waals surface area (Å²) in [7, 11) is 1.18. The predicted molar refractivity (Wildman–Crippen MR) is 55.0 cm³/mol. The summed E-state index contributed by atoms with van der Waals surface area (Å²) in [5.41, 5.74) is 0.0875. The molecule has 5 heteroatoms. The summed E-state index contributed by atoms with van der Waals surface area (Å²) in [5, 5.41) is 2.33. The Bertz CT molecular complexity index is 406. The van der Waals surface area contributed by atoms with E-state index in [4.69, 9.17) is 0 Å². The summed E-state index contributed by atoms with van der Waals surface area (Å²) in [5.74, 6) is -1.70. The summed E-state index contributed by atoms with van der Waals surface area (Å²) in [6, 6.07) is 4.61. The van der Waals surface area contributed by atoms with Gasteiger partial charge in [-0.3, -0.25) is 4.79 Å². The first-order valence-electron chi connectivity index (χ1n) is 4.65. The molecule has 0 radical (unpaired) electrons. The number of methoxy groups -OCH3 is 1. The van der Waals surface area contributed by atoms with Crippen LogP contribution in [0.15, 0.2) is 24.3 Å². The molecule has 0 saturated carbocycles. The second kappa shape index (κ2) is 5.25. The summed E-state index contributed by atoms with van der Waals surface area (Å²) in [4.78, 5) is 22.3. The van der Waals surface area contributed by atoms with E-state index < -0.39 is 23.7 Å². The van der Waals surface area contributed by atoms with Crippen molar-refractivity contribution in [3.05, 3.63) is 35.6 Å². The molecule has 16 heavy (non-hydrogen) atoms. The SMILES string of the molecule is COC(=O)C(NC(C)=O)c1ccccc1F. The Morgan fingerprint density at radius 3 is 2.50 bits per heavy atom. The molecule has 86 valence electrons. The van der Waals surface area contributed by atoms with Crippen molar-refractivity contribution in [3.63, 3.8) is 0 Å². The smallest absolute Gasteiger partial charge is 0.333 e. The number of halogens is 1. The molecule has 0 aromatic heterocycles. The van der Waals surface area contributed by atoms with Crippen LogP contribution in [-0.2, 0) is 14.3 Å². The van der Waals surface area contributed by atoms with Crippen molar-refractivity contribution in [2.24, 2.45) is 0 Å². The molecule has 0 aliphatic rings. The quantitative estimate of drug-likeness (QED) is 0.786. The molecule has 0 saturated heterocycles. The van der Waals surface area contributed by atoms with Crippen molar-refractivity contribution in [2.75, 3.05) is 7.11 Å². The van der Waals surface area contributed by atoms with E-state index in [1.165, 1.54) is 32.2 Å². The van der Waals surface area contributed by atoms with Crippen molar-refractivity contribution < 1.29 is 18.7 Å². The van der Waals surface area contributed by atoms with Crippen LogP contribution in [0, 0.1) is 5.82 Å². The van der Waals surface area contributed by atoms with Gasteiger partial charge in [0.25, 0.3) is 0 Å². The van der Waals surface area contributed by atoms with Crippen LogP contribution in [-0.4, -0.2) is 19.0 Å². The maximum atomic E-state index is 13.4. The minimum Gasteiger partial charge on any atom is -0.467 e. The highest BCUT2D eigenvalue weighted by molar-refractivity contribution is 5.84. The van der Waals surface area contributed by atoms with Crippen molar-refractivity contribution in [1.29, 1.82) is 0 Å². The molecule has 1 unspecified atom stereocenters. The number of hydrogen-bond donors (Lipinski definition) is 1. The summed E-state index contributed by atoms with van der Waals surface area (Å²) >= 11 is 0. The first-order chi connectivity index (χ1) is 7.56. The lowest BCUT2D eigenvalue weighted by Gasteiger charge is -2.16. The molecule has 0 spiro atoms. The molecule has 0 bridgehead atoms. The van der Waals surface area contributed by atoms with Crippen molar-refractivity contribution in [1.82, 2.24) is 5.32 Å². The maximum Gasteiger partial charge on any atom is 0.333 e. The maximum absolute atomic E-state index is 13.4. The van der Waals surface area contributed by atoms with Gasteiger partial charge in [0, 0.05) is 12.5 Å². The Morgan fingerprint density at radius 1 is 1.38 bits per heavy atom. The molecule has 4 nitrogen and oxygen atoms in total. The molecule has 1 atom stereocenters. The number of carbonyl (C=O) groups is 2. The molecule has 0 fully saturated rings. The molecule has 1 amide bonds. The van der Waals surface area contributed by atoms with Crippen LogP contribution < -0.4 is 5.32 Å². The third-order valence-electron chi connectivity index (χ3n) is 2.00. The molecule has 1 aromatic carbocycles. The van der Waals surface area contributed by atoms with Gasteiger partial charge in [-0.05, 0) is 6.07 Å². The van der Waals surface area contributed by atoms with E-state index in [9.17, 15) is 14.0 Å². The Morgan fingerprint density at radius 2 is 2.00 bits per heavy atom. The minimum atomic E-state index is -1.11. The molecule has 1 rings (SSSR count). The zero-order valence-corrected chi connectivity index (χ0v) is 8.99. The highest BCUT2D eigenvalue weighted by Crippen LogP contribution is 2.17. The number of rotatable bonds is 3. The van der Waals surface area contributed by atoms with Gasteiger partial charge in [0.2, 0.25) is 5.91 Å². The second-order valence-corrected chi connectivity index (χ2v) is 3.18. The Hall–Kier alpha value is -1.91. The number of nitrogens with one attached hydrogen (secondary N) is 1. The normalized spacial score (nSPS) is 11.7. The van der Waals surface area contributed by atoms with E-state index in [0.29, 0.717) is 0 Å². The van der Waals surface area contributed by atoms with Gasteiger partial charge in [0.1, 0.15) is 5.82 Å². The Kier molecular flexibility index (Phi) is 3.99. The van der Waals surface area contributed by atoms with E-state index in [1.807, 2.05) is 0 Å². The lowest BCUT2D eigenvalue weighted by atomic mass is 10.1. The van der Waals surface area contributed by atoms with Crippen molar-refractivity contribution in [2.45, 2.75) is 13.0 Å². The van der Waals surface area contributed by atoms with Gasteiger partial charge in [-0.1, -0.05) is 18.2 Å². The van der Waals surface area contributed by atoms with Gasteiger partial charge in [-0.25, -0.2) is 9.18 Å². The fourth-order valence-corrected chi connectivity index (χ4v) is 1.29. The molecule has 0 aliphatic carbocycles. The second-order valence-electron chi connectivity index (χ2n) is 3.18. The average molecular weight is 225 g/mol. The zero-order chi connectivity index (χ0) is 12.1. The highest BCUT2D eigenvalue weighted by atomic mass is 19.1. The fraction of sp³-hybridized carbons (Fsp3) is 0.273. The van der Waals surface area contributed by atoms with Gasteiger partial charge in [-0.2, -0.15) is 0 Å². The highest BCUT2D eigenvalue weighted by Gasteiger charge is 2.24. The largest absolute Gasteiger partial charge is 0.467 e. The van der Waals surface area contributed by atoms with Crippen LogP contribution in [0.1, 0.15) is 18.5 Å². The van der Waals surface area contributed by atoms with Crippen molar-refractivity contribution in [3.8, 4) is 0 Å². The number of esters is 1. The molecule has 1 aromatic rings. The van der Waals surface area contributed by atoms with Crippen LogP contribution in [0.25, 0.3) is 0 Å². The van der Waals surface area contributed by atoms with Crippen LogP contribution in [0.3, 0.4) is 0 Å². The van der Waals surface area contributed by atoms with Crippen LogP contribution in [0.4, 0.5) is 4.39 Å². The van der Waals surface area contributed by atoms with E-state index in [0.717, 1.165) is 0 Å². The van der Waals surface area contributed by atoms with Crippen LogP contribution in [0.5, 0.6) is 0 Å². The zero-order valence-electron chi connectivity index (χ0n) is 8.99. The minimum absolute atomic E-state index is 0.0875. The molecule has 0 heterocycles. The van der Waals surface area contributed by atoms with Gasteiger partial charge in [0.05, 0.1) is 7.11 Å². The topological polar surface area (TPSA) is 55.4 Å². The first-order valence-corrected chi connectivity index (χ1v) is 4.65. The lowest BCUT2D eigenvalue weighted by molar-refractivity contribution is -0.145. The molecule has 1 N–H and O–H groups in total. The standard InChI is InChI=1S/C11H12FNO3/c1-7(14)13-10(11(15)16-2)8-5-3-4-6-9(8)12/h3-6,10H,1-2H3,(H,13,14). The third kappa shape index (κ3) is 2.79. The first kappa shape index (κ1) is 12.2. The van der Waals surface area contributed by atoms with E-state index in [-0.39, 0.29) is 5.56 Å². The number of ether oxygens (including phenoxy) is 1. The Balaban J connectivity index is 3.06. The van der Waals surface area contributed by atoms with E-state index in [1.54, 1.807) is 6.07 Å². The summed E-state index contributed by atoms with van der Waals surface area (Å²) in [6.45, 7) is 1.25. The number of benzene rings is 1. The van der Waals surface area contributed by atoms with Gasteiger partial charge in [0.15, 0.2) is 6.04 Å². The summed E-state index contributed by atoms with van der Waals surface area (Å²) < 4.78 is 17.9. The summed E-state index contributed by atoms with van der Waals surface area (Å²) in [6.07, 6.45) is 0.